The first-order valence-corrected chi connectivity index (χ1v) is 6.96. The largest absolute Gasteiger partial charge is 0.413 e. The number of pyridine rings is 1. The lowest BCUT2D eigenvalue weighted by molar-refractivity contribution is 0.0952. The summed E-state index contributed by atoms with van der Waals surface area (Å²) < 4.78 is 27.0. The molecule has 0 aliphatic rings. The van der Waals surface area contributed by atoms with Crippen LogP contribution in [0.2, 0.25) is 0 Å². The molecule has 1 N–H and O–H groups in total. The predicted molar refractivity (Wildman–Crippen MR) is 85.0 cm³/mol. The standard InChI is InChI=1S/C17H12F2N2O3/c1-24-21-15(16(22)20-13-6-4-11(18)5-7-13)8-10-2-3-12(19)9-14(10)17(21)23/h2-9H,1H3,(H,20,22). The molecule has 0 atom stereocenters. The second kappa shape index (κ2) is 6.11. The fourth-order valence-electron chi connectivity index (χ4n) is 2.33. The molecule has 0 bridgehead atoms. The van der Waals surface area contributed by atoms with Gasteiger partial charge in [-0.15, -0.1) is 4.73 Å². The number of nitrogens with one attached hydrogen (secondary N) is 1. The van der Waals surface area contributed by atoms with Gasteiger partial charge in [-0.25, -0.2) is 8.78 Å². The zero-order chi connectivity index (χ0) is 17.3. The molecule has 7 heteroatoms. The number of carbonyl (C=O) groups is 1. The van der Waals surface area contributed by atoms with Crippen LogP contribution in [0, 0.1) is 11.6 Å². The van der Waals surface area contributed by atoms with Crippen molar-refractivity contribution in [3.8, 4) is 0 Å². The Bertz CT molecular complexity index is 982. The maximum Gasteiger partial charge on any atom is 0.291 e. The molecular weight excluding hydrogens is 318 g/mol. The number of amides is 1. The lowest BCUT2D eigenvalue weighted by Gasteiger charge is -2.12. The summed E-state index contributed by atoms with van der Waals surface area (Å²) >= 11 is 0. The van der Waals surface area contributed by atoms with Crippen LogP contribution in [0.4, 0.5) is 14.5 Å². The van der Waals surface area contributed by atoms with Gasteiger partial charge in [-0.1, -0.05) is 6.07 Å². The number of halogens is 2. The number of hydrogen-bond donors (Lipinski definition) is 1. The van der Waals surface area contributed by atoms with Crippen molar-refractivity contribution in [3.63, 3.8) is 0 Å². The molecule has 0 spiro atoms. The SMILES string of the molecule is COn1c(C(=O)Nc2ccc(F)cc2)cc2ccc(F)cc2c1=O. The minimum absolute atomic E-state index is 0.0640. The van der Waals surface area contributed by atoms with Gasteiger partial charge in [0.15, 0.2) is 0 Å². The third-order valence-electron chi connectivity index (χ3n) is 3.46. The predicted octanol–water partition coefficient (Wildman–Crippen LogP) is 2.59. The average Bonchev–Trinajstić information content (AvgIpc) is 2.57. The monoisotopic (exact) mass is 330 g/mol. The van der Waals surface area contributed by atoms with Gasteiger partial charge in [0.1, 0.15) is 24.4 Å². The molecule has 0 radical (unpaired) electrons. The van der Waals surface area contributed by atoms with E-state index in [4.69, 9.17) is 4.84 Å². The van der Waals surface area contributed by atoms with Gasteiger partial charge in [0, 0.05) is 5.69 Å². The van der Waals surface area contributed by atoms with Crippen LogP contribution in [0.15, 0.2) is 53.3 Å². The Labute approximate surface area is 135 Å². The summed E-state index contributed by atoms with van der Waals surface area (Å²) in [6, 6.07) is 10.3. The van der Waals surface area contributed by atoms with E-state index in [2.05, 4.69) is 5.32 Å². The summed E-state index contributed by atoms with van der Waals surface area (Å²) in [5.41, 5.74) is -0.361. The summed E-state index contributed by atoms with van der Waals surface area (Å²) in [5.74, 6) is -1.62. The van der Waals surface area contributed by atoms with E-state index >= 15 is 0 Å². The summed E-state index contributed by atoms with van der Waals surface area (Å²) in [7, 11) is 1.22. The van der Waals surface area contributed by atoms with Crippen LogP contribution >= 0.6 is 0 Å². The number of hydrogen-bond acceptors (Lipinski definition) is 3. The van der Waals surface area contributed by atoms with Crippen molar-refractivity contribution in [3.05, 3.63) is 76.2 Å². The van der Waals surface area contributed by atoms with E-state index in [1.54, 1.807) is 0 Å². The van der Waals surface area contributed by atoms with Gasteiger partial charge in [0.05, 0.1) is 5.39 Å². The van der Waals surface area contributed by atoms with Crippen molar-refractivity contribution in [2.24, 2.45) is 0 Å². The quantitative estimate of drug-likeness (QED) is 0.803. The van der Waals surface area contributed by atoms with Crippen LogP contribution in [-0.4, -0.2) is 17.7 Å². The first kappa shape index (κ1) is 15.7. The summed E-state index contributed by atoms with van der Waals surface area (Å²) in [6.07, 6.45) is 0. The van der Waals surface area contributed by atoms with Crippen molar-refractivity contribution < 1.29 is 18.4 Å². The summed E-state index contributed by atoms with van der Waals surface area (Å²) in [6.45, 7) is 0. The van der Waals surface area contributed by atoms with Crippen molar-refractivity contribution in [1.29, 1.82) is 0 Å². The molecule has 2 aromatic carbocycles. The Balaban J connectivity index is 2.07. The van der Waals surface area contributed by atoms with Crippen LogP contribution in [0.1, 0.15) is 10.5 Å². The highest BCUT2D eigenvalue weighted by Gasteiger charge is 2.17. The zero-order valence-electron chi connectivity index (χ0n) is 12.5. The Hall–Kier alpha value is -3.22. The normalized spacial score (nSPS) is 10.6. The molecule has 122 valence electrons. The van der Waals surface area contributed by atoms with Gasteiger partial charge >= 0.3 is 0 Å². The first-order chi connectivity index (χ1) is 11.5. The van der Waals surface area contributed by atoms with Crippen LogP contribution in [0.25, 0.3) is 10.8 Å². The minimum atomic E-state index is -0.654. The highest BCUT2D eigenvalue weighted by atomic mass is 19.1. The van der Waals surface area contributed by atoms with E-state index in [1.165, 1.54) is 49.6 Å². The van der Waals surface area contributed by atoms with Crippen LogP contribution < -0.4 is 15.7 Å². The average molecular weight is 330 g/mol. The topological polar surface area (TPSA) is 60.3 Å². The van der Waals surface area contributed by atoms with Gasteiger partial charge in [-0.3, -0.25) is 9.59 Å². The van der Waals surface area contributed by atoms with E-state index in [1.807, 2.05) is 0 Å². The third-order valence-corrected chi connectivity index (χ3v) is 3.46. The summed E-state index contributed by atoms with van der Waals surface area (Å²) in [4.78, 5) is 29.8. The van der Waals surface area contributed by atoms with Crippen molar-refractivity contribution in [2.45, 2.75) is 0 Å². The number of anilines is 1. The molecule has 0 aliphatic carbocycles. The maximum absolute atomic E-state index is 13.3. The highest BCUT2D eigenvalue weighted by molar-refractivity contribution is 6.04. The molecule has 1 heterocycles. The van der Waals surface area contributed by atoms with Crippen LogP contribution in [0.3, 0.4) is 0 Å². The second-order valence-corrected chi connectivity index (χ2v) is 5.00. The Kier molecular flexibility index (Phi) is 3.99. The molecule has 1 aromatic heterocycles. The van der Waals surface area contributed by atoms with Crippen molar-refractivity contribution in [2.75, 3.05) is 12.4 Å². The van der Waals surface area contributed by atoms with E-state index in [0.29, 0.717) is 11.1 Å². The molecule has 0 saturated heterocycles. The number of nitrogens with zero attached hydrogens (tertiary/aromatic N) is 1. The molecule has 1 amide bonds. The number of rotatable bonds is 3. The van der Waals surface area contributed by atoms with Crippen LogP contribution in [-0.2, 0) is 0 Å². The van der Waals surface area contributed by atoms with Gasteiger partial charge in [0.2, 0.25) is 0 Å². The number of aromatic nitrogens is 1. The Morgan fingerprint density at radius 3 is 2.38 bits per heavy atom. The van der Waals surface area contributed by atoms with Gasteiger partial charge in [-0.2, -0.15) is 0 Å². The fraction of sp³-hybridized carbons (Fsp3) is 0.0588. The fourth-order valence-corrected chi connectivity index (χ4v) is 2.33. The molecular formula is C17H12F2N2O3. The van der Waals surface area contributed by atoms with Crippen LogP contribution in [0.5, 0.6) is 0 Å². The van der Waals surface area contributed by atoms with Gasteiger partial charge < -0.3 is 10.2 Å². The lowest BCUT2D eigenvalue weighted by atomic mass is 10.1. The maximum atomic E-state index is 13.3. The number of carbonyl (C=O) groups excluding carboxylic acids is 1. The first-order valence-electron chi connectivity index (χ1n) is 6.96. The van der Waals surface area contributed by atoms with E-state index in [0.717, 1.165) is 10.8 Å². The lowest BCUT2D eigenvalue weighted by Crippen LogP contribution is -2.32. The van der Waals surface area contributed by atoms with Crippen molar-refractivity contribution in [1.82, 2.24) is 4.73 Å². The Morgan fingerprint density at radius 2 is 1.71 bits per heavy atom. The number of fused-ring (bicyclic) bond motifs is 1. The second-order valence-electron chi connectivity index (χ2n) is 5.00. The molecule has 24 heavy (non-hydrogen) atoms. The third kappa shape index (κ3) is 2.83. The number of benzene rings is 2. The Morgan fingerprint density at radius 1 is 1.04 bits per heavy atom. The van der Waals surface area contributed by atoms with Gasteiger partial charge in [-0.05, 0) is 47.9 Å². The van der Waals surface area contributed by atoms with E-state index in [9.17, 15) is 18.4 Å². The molecule has 0 saturated carbocycles. The smallest absolute Gasteiger partial charge is 0.291 e. The minimum Gasteiger partial charge on any atom is -0.413 e. The molecule has 3 aromatic rings. The van der Waals surface area contributed by atoms with Crippen molar-refractivity contribution >= 4 is 22.4 Å². The zero-order valence-corrected chi connectivity index (χ0v) is 12.5. The summed E-state index contributed by atoms with van der Waals surface area (Å²) in [5, 5.41) is 3.04. The molecule has 3 rings (SSSR count). The van der Waals surface area contributed by atoms with E-state index < -0.39 is 23.1 Å². The van der Waals surface area contributed by atoms with E-state index in [-0.39, 0.29) is 11.1 Å². The highest BCUT2D eigenvalue weighted by Crippen LogP contribution is 2.15. The molecule has 0 unspecified atom stereocenters. The molecule has 0 fully saturated rings. The molecule has 0 aliphatic heterocycles. The molecule has 5 nitrogen and oxygen atoms in total. The van der Waals surface area contributed by atoms with Gasteiger partial charge in [0.25, 0.3) is 11.5 Å².